The summed E-state index contributed by atoms with van der Waals surface area (Å²) in [5.74, 6) is 0.766. The van der Waals surface area contributed by atoms with Crippen LogP contribution in [0.1, 0.15) is 29.3 Å². The predicted molar refractivity (Wildman–Crippen MR) is 114 cm³/mol. The Morgan fingerprint density at radius 3 is 2.31 bits per heavy atom. The number of methoxy groups -OCH3 is 1. The van der Waals surface area contributed by atoms with Crippen molar-refractivity contribution in [2.45, 2.75) is 29.8 Å². The molecule has 1 aromatic heterocycles. The molecule has 0 N–H and O–H groups in total. The molecule has 0 atom stereocenters. The van der Waals surface area contributed by atoms with Crippen LogP contribution in [-0.4, -0.2) is 43.1 Å². The van der Waals surface area contributed by atoms with Crippen molar-refractivity contribution in [3.63, 3.8) is 0 Å². The molecule has 0 saturated carbocycles. The normalized spacial score (nSPS) is 16.2. The van der Waals surface area contributed by atoms with E-state index in [2.05, 4.69) is 10.2 Å². The van der Waals surface area contributed by atoms with Crippen molar-refractivity contribution < 1.29 is 26.3 Å². The summed E-state index contributed by atoms with van der Waals surface area (Å²) in [4.78, 5) is -0.140. The van der Waals surface area contributed by atoms with Crippen LogP contribution < -0.4 is 4.74 Å². The van der Waals surface area contributed by atoms with E-state index in [1.54, 1.807) is 7.11 Å². The molecule has 2 aromatic carbocycles. The SMILES string of the molecule is COc1ccccc1-c1nnc(C2CCN(S(=O)(=O)c3ccc(C(F)(F)F)cc3)CC2)s1. The molecule has 0 bridgehead atoms. The van der Waals surface area contributed by atoms with E-state index in [1.165, 1.54) is 15.6 Å². The second-order valence-corrected chi connectivity index (χ2v) is 10.3. The minimum Gasteiger partial charge on any atom is -0.496 e. The molecule has 3 aromatic rings. The molecule has 1 aliphatic heterocycles. The topological polar surface area (TPSA) is 72.4 Å². The fourth-order valence-electron chi connectivity index (χ4n) is 3.64. The second kappa shape index (κ2) is 8.80. The Labute approximate surface area is 187 Å². The number of piperidine rings is 1. The molecule has 11 heteroatoms. The molecule has 2 heterocycles. The number of rotatable bonds is 5. The minimum atomic E-state index is -4.51. The predicted octanol–water partition coefficient (Wildman–Crippen LogP) is 4.80. The summed E-state index contributed by atoms with van der Waals surface area (Å²) in [6.07, 6.45) is -3.40. The third-order valence-corrected chi connectivity index (χ3v) is 8.43. The van der Waals surface area contributed by atoms with Gasteiger partial charge in [0.15, 0.2) is 5.01 Å². The number of halogens is 3. The van der Waals surface area contributed by atoms with Crippen molar-refractivity contribution in [3.8, 4) is 16.3 Å². The first-order valence-electron chi connectivity index (χ1n) is 9.84. The first-order valence-corrected chi connectivity index (χ1v) is 12.1. The maximum Gasteiger partial charge on any atom is 0.416 e. The molecule has 32 heavy (non-hydrogen) atoms. The molecule has 0 unspecified atom stereocenters. The van der Waals surface area contributed by atoms with Gasteiger partial charge in [0.1, 0.15) is 10.8 Å². The number of nitrogens with zero attached hydrogens (tertiary/aromatic N) is 3. The number of ether oxygens (including phenoxy) is 1. The average molecular weight is 484 g/mol. The highest BCUT2D eigenvalue weighted by Crippen LogP contribution is 2.37. The fourth-order valence-corrected chi connectivity index (χ4v) is 6.15. The number of hydrogen-bond donors (Lipinski definition) is 0. The molecule has 4 rings (SSSR count). The van der Waals surface area contributed by atoms with Crippen LogP contribution in [0.25, 0.3) is 10.6 Å². The van der Waals surface area contributed by atoms with Crippen LogP contribution in [0.5, 0.6) is 5.75 Å². The molecular formula is C21H20F3N3O3S2. The van der Waals surface area contributed by atoms with E-state index < -0.39 is 21.8 Å². The maximum absolute atomic E-state index is 12.9. The van der Waals surface area contributed by atoms with Gasteiger partial charge in [0.05, 0.1) is 23.1 Å². The Kier molecular flexibility index (Phi) is 6.24. The summed E-state index contributed by atoms with van der Waals surface area (Å²) in [6, 6.07) is 11.1. The van der Waals surface area contributed by atoms with E-state index in [0.717, 1.165) is 39.8 Å². The number of hydrogen-bond acceptors (Lipinski definition) is 6. The molecule has 0 aliphatic carbocycles. The van der Waals surface area contributed by atoms with Gasteiger partial charge in [-0.1, -0.05) is 23.5 Å². The summed E-state index contributed by atoms with van der Waals surface area (Å²) in [6.45, 7) is 0.523. The summed E-state index contributed by atoms with van der Waals surface area (Å²) in [5.41, 5.74) is -0.0293. The molecule has 6 nitrogen and oxygen atoms in total. The van der Waals surface area contributed by atoms with Gasteiger partial charge < -0.3 is 4.74 Å². The minimum absolute atomic E-state index is 0.0648. The van der Waals surface area contributed by atoms with Crippen LogP contribution in [0.3, 0.4) is 0 Å². The van der Waals surface area contributed by atoms with Crippen LogP contribution in [0, 0.1) is 0 Å². The van der Waals surface area contributed by atoms with Gasteiger partial charge in [0, 0.05) is 19.0 Å². The molecular weight excluding hydrogens is 463 g/mol. The highest BCUT2D eigenvalue weighted by molar-refractivity contribution is 7.89. The number of alkyl halides is 3. The molecule has 1 aliphatic rings. The van der Waals surface area contributed by atoms with Gasteiger partial charge in [0.2, 0.25) is 10.0 Å². The van der Waals surface area contributed by atoms with Crippen molar-refractivity contribution in [3.05, 3.63) is 59.1 Å². The summed E-state index contributed by atoms with van der Waals surface area (Å²) in [7, 11) is -2.27. The third-order valence-electron chi connectivity index (χ3n) is 5.40. The number of benzene rings is 2. The van der Waals surface area contributed by atoms with E-state index in [0.29, 0.717) is 18.6 Å². The van der Waals surface area contributed by atoms with Gasteiger partial charge in [-0.05, 0) is 49.2 Å². The summed E-state index contributed by atoms with van der Waals surface area (Å²) in [5, 5.41) is 10.2. The molecule has 1 saturated heterocycles. The lowest BCUT2D eigenvalue weighted by Gasteiger charge is -2.30. The molecule has 1 fully saturated rings. The quantitative estimate of drug-likeness (QED) is 0.521. The standard InChI is InChI=1S/C21H20F3N3O3S2/c1-30-18-5-3-2-4-17(18)20-26-25-19(31-20)14-10-12-27(13-11-14)32(28,29)16-8-6-15(7-9-16)21(22,23)24/h2-9,14H,10-13H2,1H3. The van der Waals surface area contributed by atoms with E-state index in [4.69, 9.17) is 4.74 Å². The average Bonchev–Trinajstić information content (AvgIpc) is 3.29. The maximum atomic E-state index is 12.9. The van der Waals surface area contributed by atoms with Crippen LogP contribution in [0.2, 0.25) is 0 Å². The first kappa shape index (κ1) is 22.7. The third kappa shape index (κ3) is 4.50. The van der Waals surface area contributed by atoms with Gasteiger partial charge in [0.25, 0.3) is 0 Å². The summed E-state index contributed by atoms with van der Waals surface area (Å²) >= 11 is 1.45. The lowest BCUT2D eigenvalue weighted by Crippen LogP contribution is -2.37. The zero-order valence-corrected chi connectivity index (χ0v) is 18.7. The van der Waals surface area contributed by atoms with E-state index in [9.17, 15) is 21.6 Å². The Morgan fingerprint density at radius 1 is 1.03 bits per heavy atom. The smallest absolute Gasteiger partial charge is 0.416 e. The fraction of sp³-hybridized carbons (Fsp3) is 0.333. The van der Waals surface area contributed by atoms with E-state index in [1.807, 2.05) is 24.3 Å². The Bertz CT molecular complexity index is 1190. The van der Waals surface area contributed by atoms with Gasteiger partial charge in [-0.15, -0.1) is 10.2 Å². The summed E-state index contributed by atoms with van der Waals surface area (Å²) < 4.78 is 70.7. The van der Waals surface area contributed by atoms with Crippen molar-refractivity contribution in [2.24, 2.45) is 0 Å². The van der Waals surface area contributed by atoms with Gasteiger partial charge in [-0.2, -0.15) is 17.5 Å². The van der Waals surface area contributed by atoms with Crippen molar-refractivity contribution >= 4 is 21.4 Å². The van der Waals surface area contributed by atoms with Crippen LogP contribution in [0.4, 0.5) is 13.2 Å². The Balaban J connectivity index is 1.45. The van der Waals surface area contributed by atoms with Gasteiger partial charge in [-0.25, -0.2) is 8.42 Å². The lowest BCUT2D eigenvalue weighted by atomic mass is 9.99. The first-order chi connectivity index (χ1) is 15.2. The zero-order valence-electron chi connectivity index (χ0n) is 17.0. The van der Waals surface area contributed by atoms with E-state index in [-0.39, 0.29) is 23.9 Å². The Hall–Kier alpha value is -2.50. The molecule has 0 radical (unpaired) electrons. The number of aromatic nitrogens is 2. The van der Waals surface area contributed by atoms with Crippen LogP contribution in [-0.2, 0) is 16.2 Å². The largest absolute Gasteiger partial charge is 0.496 e. The van der Waals surface area contributed by atoms with E-state index >= 15 is 0 Å². The highest BCUT2D eigenvalue weighted by Gasteiger charge is 2.33. The van der Waals surface area contributed by atoms with Gasteiger partial charge >= 0.3 is 6.18 Å². The van der Waals surface area contributed by atoms with Crippen LogP contribution >= 0.6 is 11.3 Å². The van der Waals surface area contributed by atoms with Crippen LogP contribution in [0.15, 0.2) is 53.4 Å². The number of para-hydroxylation sites is 1. The highest BCUT2D eigenvalue weighted by atomic mass is 32.2. The lowest BCUT2D eigenvalue weighted by molar-refractivity contribution is -0.137. The Morgan fingerprint density at radius 2 is 1.69 bits per heavy atom. The van der Waals surface area contributed by atoms with Crippen molar-refractivity contribution in [1.29, 1.82) is 0 Å². The molecule has 0 amide bonds. The molecule has 170 valence electrons. The second-order valence-electron chi connectivity index (χ2n) is 7.35. The molecule has 0 spiro atoms. The zero-order chi connectivity index (χ0) is 22.9. The van der Waals surface area contributed by atoms with Crippen molar-refractivity contribution in [1.82, 2.24) is 14.5 Å². The monoisotopic (exact) mass is 483 g/mol. The van der Waals surface area contributed by atoms with Gasteiger partial charge in [-0.3, -0.25) is 0 Å². The van der Waals surface area contributed by atoms with Crippen molar-refractivity contribution in [2.75, 3.05) is 20.2 Å². The number of sulfonamides is 1.